The Hall–Kier alpha value is -2.89. The van der Waals surface area contributed by atoms with Crippen LogP contribution < -0.4 is 4.90 Å². The van der Waals surface area contributed by atoms with E-state index in [1.807, 2.05) is 55.1 Å². The molecule has 0 atom stereocenters. The molecule has 0 unspecified atom stereocenters. The highest BCUT2D eigenvalue weighted by Crippen LogP contribution is 2.18. The number of aromatic nitrogens is 1. The fraction of sp³-hybridized carbons (Fsp3) is 0.350. The SMILES string of the molecule is Cc1cccc(C(=O)N2CCN(C(=O)c3cccnc3N(C)C)CC2)c1. The van der Waals surface area contributed by atoms with Gasteiger partial charge in [0.2, 0.25) is 0 Å². The van der Waals surface area contributed by atoms with E-state index >= 15 is 0 Å². The highest BCUT2D eigenvalue weighted by atomic mass is 16.2. The van der Waals surface area contributed by atoms with E-state index in [-0.39, 0.29) is 11.8 Å². The minimum absolute atomic E-state index is 0.0242. The van der Waals surface area contributed by atoms with Gasteiger partial charge in [0, 0.05) is 52.0 Å². The van der Waals surface area contributed by atoms with Gasteiger partial charge in [-0.15, -0.1) is 0 Å². The van der Waals surface area contributed by atoms with Crippen molar-refractivity contribution in [1.82, 2.24) is 14.8 Å². The predicted molar refractivity (Wildman–Crippen MR) is 102 cm³/mol. The Morgan fingerprint density at radius 1 is 0.962 bits per heavy atom. The van der Waals surface area contributed by atoms with Gasteiger partial charge in [-0.25, -0.2) is 4.98 Å². The smallest absolute Gasteiger partial charge is 0.257 e. The Morgan fingerprint density at radius 2 is 1.62 bits per heavy atom. The van der Waals surface area contributed by atoms with Gasteiger partial charge in [0.1, 0.15) is 5.82 Å². The van der Waals surface area contributed by atoms with E-state index in [1.54, 1.807) is 23.2 Å². The van der Waals surface area contributed by atoms with Crippen LogP contribution in [0.3, 0.4) is 0 Å². The van der Waals surface area contributed by atoms with Gasteiger partial charge in [-0.3, -0.25) is 9.59 Å². The second kappa shape index (κ2) is 7.56. The van der Waals surface area contributed by atoms with Gasteiger partial charge >= 0.3 is 0 Å². The van der Waals surface area contributed by atoms with Crippen LogP contribution in [0.1, 0.15) is 26.3 Å². The molecule has 1 aromatic heterocycles. The first-order chi connectivity index (χ1) is 12.5. The van der Waals surface area contributed by atoms with Crippen molar-refractivity contribution in [3.8, 4) is 0 Å². The zero-order valence-electron chi connectivity index (χ0n) is 15.5. The molecule has 1 fully saturated rings. The molecule has 0 spiro atoms. The lowest BCUT2D eigenvalue weighted by Gasteiger charge is -2.35. The largest absolute Gasteiger partial charge is 0.362 e. The number of pyridine rings is 1. The molecule has 0 bridgehead atoms. The molecule has 1 aliphatic rings. The van der Waals surface area contributed by atoms with Crippen molar-refractivity contribution in [3.05, 3.63) is 59.3 Å². The van der Waals surface area contributed by atoms with Crippen molar-refractivity contribution in [2.75, 3.05) is 45.2 Å². The molecule has 2 heterocycles. The number of piperazine rings is 1. The summed E-state index contributed by atoms with van der Waals surface area (Å²) in [6, 6.07) is 11.2. The zero-order chi connectivity index (χ0) is 18.7. The molecule has 2 amide bonds. The summed E-state index contributed by atoms with van der Waals surface area (Å²) in [4.78, 5) is 35.3. The van der Waals surface area contributed by atoms with Gasteiger partial charge in [0.15, 0.2) is 0 Å². The molecule has 1 aromatic carbocycles. The second-order valence-electron chi connectivity index (χ2n) is 6.72. The summed E-state index contributed by atoms with van der Waals surface area (Å²) in [5.74, 6) is 0.649. The number of amides is 2. The first-order valence-electron chi connectivity index (χ1n) is 8.75. The second-order valence-corrected chi connectivity index (χ2v) is 6.72. The molecular weight excluding hydrogens is 328 g/mol. The van der Waals surface area contributed by atoms with E-state index in [4.69, 9.17) is 0 Å². The summed E-state index contributed by atoms with van der Waals surface area (Å²) >= 11 is 0. The number of hydrogen-bond donors (Lipinski definition) is 0. The van der Waals surface area contributed by atoms with Crippen molar-refractivity contribution in [3.63, 3.8) is 0 Å². The van der Waals surface area contributed by atoms with E-state index in [0.29, 0.717) is 43.1 Å². The monoisotopic (exact) mass is 352 g/mol. The molecule has 26 heavy (non-hydrogen) atoms. The first kappa shape index (κ1) is 17.9. The van der Waals surface area contributed by atoms with Crippen LogP contribution in [0, 0.1) is 6.92 Å². The number of nitrogens with zero attached hydrogens (tertiary/aromatic N) is 4. The van der Waals surface area contributed by atoms with Gasteiger partial charge in [0.25, 0.3) is 11.8 Å². The molecule has 0 saturated carbocycles. The molecule has 6 heteroatoms. The van der Waals surface area contributed by atoms with Crippen LogP contribution >= 0.6 is 0 Å². The average molecular weight is 352 g/mol. The van der Waals surface area contributed by atoms with Crippen LogP contribution in [0.25, 0.3) is 0 Å². The number of anilines is 1. The quantitative estimate of drug-likeness (QED) is 0.848. The van der Waals surface area contributed by atoms with Crippen LogP contribution in [0.4, 0.5) is 5.82 Å². The zero-order valence-corrected chi connectivity index (χ0v) is 15.5. The van der Waals surface area contributed by atoms with Gasteiger partial charge in [-0.2, -0.15) is 0 Å². The maximum absolute atomic E-state index is 12.9. The molecule has 136 valence electrons. The number of rotatable bonds is 3. The van der Waals surface area contributed by atoms with Crippen LogP contribution in [0.15, 0.2) is 42.6 Å². The van der Waals surface area contributed by atoms with E-state index in [2.05, 4.69) is 4.98 Å². The van der Waals surface area contributed by atoms with Crippen LogP contribution in [-0.2, 0) is 0 Å². The number of carbonyl (C=O) groups excluding carboxylic acids is 2. The molecule has 3 rings (SSSR count). The van der Waals surface area contributed by atoms with E-state index in [9.17, 15) is 9.59 Å². The molecular formula is C20H24N4O2. The van der Waals surface area contributed by atoms with Crippen LogP contribution in [-0.4, -0.2) is 66.9 Å². The van der Waals surface area contributed by atoms with Gasteiger partial charge in [-0.05, 0) is 31.2 Å². The van der Waals surface area contributed by atoms with Gasteiger partial charge < -0.3 is 14.7 Å². The predicted octanol–water partition coefficient (Wildman–Crippen LogP) is 2.05. The highest BCUT2D eigenvalue weighted by Gasteiger charge is 2.27. The number of aryl methyl sites for hydroxylation is 1. The average Bonchev–Trinajstić information content (AvgIpc) is 2.67. The number of benzene rings is 1. The summed E-state index contributed by atoms with van der Waals surface area (Å²) in [6.45, 7) is 4.10. The van der Waals surface area contributed by atoms with Crippen LogP contribution in [0.2, 0.25) is 0 Å². The lowest BCUT2D eigenvalue weighted by Crippen LogP contribution is -2.50. The van der Waals surface area contributed by atoms with E-state index in [1.165, 1.54) is 0 Å². The van der Waals surface area contributed by atoms with Crippen molar-refractivity contribution in [2.24, 2.45) is 0 Å². The molecule has 0 radical (unpaired) electrons. The van der Waals surface area contributed by atoms with Crippen molar-refractivity contribution >= 4 is 17.6 Å². The summed E-state index contributed by atoms with van der Waals surface area (Å²) in [7, 11) is 3.75. The van der Waals surface area contributed by atoms with Crippen LogP contribution in [0.5, 0.6) is 0 Å². The maximum atomic E-state index is 12.9. The normalized spacial score (nSPS) is 14.3. The molecule has 1 saturated heterocycles. The number of hydrogen-bond acceptors (Lipinski definition) is 4. The van der Waals surface area contributed by atoms with E-state index < -0.39 is 0 Å². The Balaban J connectivity index is 1.67. The minimum Gasteiger partial charge on any atom is -0.362 e. The Morgan fingerprint density at radius 3 is 2.23 bits per heavy atom. The topological polar surface area (TPSA) is 56.8 Å². The molecule has 2 aromatic rings. The van der Waals surface area contributed by atoms with Gasteiger partial charge in [-0.1, -0.05) is 17.7 Å². The van der Waals surface area contributed by atoms with E-state index in [0.717, 1.165) is 5.56 Å². The summed E-state index contributed by atoms with van der Waals surface area (Å²) in [6.07, 6.45) is 1.69. The van der Waals surface area contributed by atoms with Crippen molar-refractivity contribution < 1.29 is 9.59 Å². The van der Waals surface area contributed by atoms with Crippen molar-refractivity contribution in [1.29, 1.82) is 0 Å². The lowest BCUT2D eigenvalue weighted by molar-refractivity contribution is 0.0535. The third kappa shape index (κ3) is 3.69. The van der Waals surface area contributed by atoms with Gasteiger partial charge in [0.05, 0.1) is 5.56 Å². The third-order valence-electron chi connectivity index (χ3n) is 4.56. The first-order valence-corrected chi connectivity index (χ1v) is 8.75. The standard InChI is InChI=1S/C20H24N4O2/c1-15-6-4-7-16(14-15)19(25)23-10-12-24(13-11-23)20(26)17-8-5-9-21-18(17)22(2)3/h4-9,14H,10-13H2,1-3H3. The molecule has 0 N–H and O–H groups in total. The lowest BCUT2D eigenvalue weighted by atomic mass is 10.1. The summed E-state index contributed by atoms with van der Waals surface area (Å²) in [5, 5.41) is 0. The molecule has 0 aliphatic carbocycles. The highest BCUT2D eigenvalue weighted by molar-refractivity contribution is 5.99. The minimum atomic E-state index is -0.0375. The number of carbonyl (C=O) groups is 2. The molecule has 6 nitrogen and oxygen atoms in total. The third-order valence-corrected chi connectivity index (χ3v) is 4.56. The summed E-state index contributed by atoms with van der Waals surface area (Å²) in [5.41, 5.74) is 2.36. The fourth-order valence-corrected chi connectivity index (χ4v) is 3.16. The Kier molecular flexibility index (Phi) is 5.21. The Bertz CT molecular complexity index is 811. The molecule has 1 aliphatic heterocycles. The Labute approximate surface area is 154 Å². The maximum Gasteiger partial charge on any atom is 0.257 e. The fourth-order valence-electron chi connectivity index (χ4n) is 3.16. The summed E-state index contributed by atoms with van der Waals surface area (Å²) < 4.78 is 0. The van der Waals surface area contributed by atoms with Crippen molar-refractivity contribution in [2.45, 2.75) is 6.92 Å².